The van der Waals surface area contributed by atoms with Gasteiger partial charge >= 0.3 is 12.1 Å². The molecular weight excluding hydrogens is 235 g/mol. The van der Waals surface area contributed by atoms with Gasteiger partial charge in [-0.25, -0.2) is 4.79 Å². The molecule has 0 N–H and O–H groups in total. The van der Waals surface area contributed by atoms with Crippen LogP contribution < -0.4 is 0 Å². The Balaban J connectivity index is 3.65. The lowest BCUT2D eigenvalue weighted by atomic mass is 9.97. The predicted molar refractivity (Wildman–Crippen MR) is 52.2 cm³/mol. The number of hydrogen-bond donors (Lipinski definition) is 0. The summed E-state index contributed by atoms with van der Waals surface area (Å²) in [6, 6.07) is 3.74. The van der Waals surface area contributed by atoms with Gasteiger partial charge in [-0.3, -0.25) is 0 Å². The van der Waals surface area contributed by atoms with Crippen LogP contribution in [0.15, 0.2) is 12.1 Å². The lowest BCUT2D eigenvalue weighted by molar-refractivity contribution is -0.138. The number of carbonyl (C=O) groups excluding carboxylic acids is 1. The number of ether oxygens (including phenoxy) is 1. The molecule has 1 aromatic carbocycles. The minimum absolute atomic E-state index is 0.160. The van der Waals surface area contributed by atoms with E-state index in [1.54, 1.807) is 0 Å². The van der Waals surface area contributed by atoms with Gasteiger partial charge in [0.15, 0.2) is 0 Å². The summed E-state index contributed by atoms with van der Waals surface area (Å²) in [6.07, 6.45) is -4.78. The molecule has 3 nitrogen and oxygen atoms in total. The number of methoxy groups -OCH3 is 1. The Morgan fingerprint density at radius 1 is 1.41 bits per heavy atom. The maximum Gasteiger partial charge on any atom is 0.418 e. The van der Waals surface area contributed by atoms with Crippen LogP contribution in [0.2, 0.25) is 0 Å². The molecule has 90 valence electrons. The molecule has 1 aromatic rings. The first-order chi connectivity index (χ1) is 7.82. The topological polar surface area (TPSA) is 50.1 Å². The average Bonchev–Trinajstić information content (AvgIpc) is 2.26. The number of esters is 1. The quantitative estimate of drug-likeness (QED) is 0.712. The van der Waals surface area contributed by atoms with E-state index in [-0.39, 0.29) is 5.56 Å². The van der Waals surface area contributed by atoms with E-state index in [9.17, 15) is 18.0 Å². The Kier molecular flexibility index (Phi) is 3.42. The molecule has 0 fully saturated rings. The summed E-state index contributed by atoms with van der Waals surface area (Å²) in [4.78, 5) is 11.2. The summed E-state index contributed by atoms with van der Waals surface area (Å²) < 4.78 is 42.7. The first-order valence-electron chi connectivity index (χ1n) is 4.52. The van der Waals surface area contributed by atoms with Gasteiger partial charge in [-0.05, 0) is 18.6 Å². The summed E-state index contributed by atoms with van der Waals surface area (Å²) in [5, 5.41) is 8.74. The number of hydrogen-bond acceptors (Lipinski definition) is 3. The van der Waals surface area contributed by atoms with Crippen molar-refractivity contribution in [3.63, 3.8) is 0 Å². The van der Waals surface area contributed by atoms with Crippen molar-refractivity contribution in [3.05, 3.63) is 34.4 Å². The van der Waals surface area contributed by atoms with E-state index in [0.29, 0.717) is 0 Å². The fraction of sp³-hybridized carbons (Fsp3) is 0.273. The van der Waals surface area contributed by atoms with Crippen LogP contribution in [-0.4, -0.2) is 13.1 Å². The van der Waals surface area contributed by atoms with Crippen LogP contribution in [0.1, 0.15) is 27.0 Å². The van der Waals surface area contributed by atoms with Crippen molar-refractivity contribution < 1.29 is 22.7 Å². The molecule has 17 heavy (non-hydrogen) atoms. The highest BCUT2D eigenvalue weighted by Crippen LogP contribution is 2.36. The zero-order valence-corrected chi connectivity index (χ0v) is 9.05. The second kappa shape index (κ2) is 4.45. The minimum Gasteiger partial charge on any atom is -0.465 e. The first kappa shape index (κ1) is 13.0. The summed E-state index contributed by atoms with van der Waals surface area (Å²) in [5.41, 5.74) is -2.29. The summed E-state index contributed by atoms with van der Waals surface area (Å²) >= 11 is 0. The van der Waals surface area contributed by atoms with Gasteiger partial charge in [-0.15, -0.1) is 0 Å². The van der Waals surface area contributed by atoms with E-state index in [1.165, 1.54) is 19.1 Å². The third kappa shape index (κ3) is 2.38. The fourth-order valence-corrected chi connectivity index (χ4v) is 1.43. The van der Waals surface area contributed by atoms with Crippen LogP contribution >= 0.6 is 0 Å². The minimum atomic E-state index is -4.78. The zero-order valence-electron chi connectivity index (χ0n) is 9.05. The predicted octanol–water partition coefficient (Wildman–Crippen LogP) is 2.67. The van der Waals surface area contributed by atoms with Crippen molar-refractivity contribution in [1.82, 2.24) is 0 Å². The molecule has 1 rings (SSSR count). The Hall–Kier alpha value is -2.03. The summed E-state index contributed by atoms with van der Waals surface area (Å²) in [5.74, 6) is -1.12. The van der Waals surface area contributed by atoms with Crippen molar-refractivity contribution in [2.24, 2.45) is 0 Å². The molecule has 0 aromatic heterocycles. The number of nitriles is 1. The van der Waals surface area contributed by atoms with Crippen LogP contribution in [0.5, 0.6) is 0 Å². The molecule has 0 aliphatic rings. The first-order valence-corrected chi connectivity index (χ1v) is 4.52. The zero-order chi connectivity index (χ0) is 13.2. The van der Waals surface area contributed by atoms with Crippen molar-refractivity contribution >= 4 is 5.97 Å². The molecule has 0 aliphatic carbocycles. The maximum absolute atomic E-state index is 12.8. The van der Waals surface area contributed by atoms with E-state index in [2.05, 4.69) is 4.74 Å². The number of benzene rings is 1. The molecule has 0 heterocycles. The Labute approximate surface area is 95.4 Å². The number of carbonyl (C=O) groups is 1. The summed E-state index contributed by atoms with van der Waals surface area (Å²) in [7, 11) is 0.981. The highest BCUT2D eigenvalue weighted by Gasteiger charge is 2.39. The SMILES string of the molecule is COC(=O)c1ccc(C)c(C#N)c1C(F)(F)F. The number of rotatable bonds is 1. The van der Waals surface area contributed by atoms with Crippen molar-refractivity contribution in [3.8, 4) is 6.07 Å². The van der Waals surface area contributed by atoms with Gasteiger partial charge in [0.2, 0.25) is 0 Å². The van der Waals surface area contributed by atoms with Gasteiger partial charge < -0.3 is 4.74 Å². The Morgan fingerprint density at radius 3 is 2.41 bits per heavy atom. The molecule has 0 amide bonds. The smallest absolute Gasteiger partial charge is 0.418 e. The molecule has 0 atom stereocenters. The van der Waals surface area contributed by atoms with Gasteiger partial charge in [0.1, 0.15) is 6.07 Å². The highest BCUT2D eigenvalue weighted by molar-refractivity contribution is 5.92. The molecule has 0 spiro atoms. The fourth-order valence-electron chi connectivity index (χ4n) is 1.43. The molecule has 0 aliphatic heterocycles. The van der Waals surface area contributed by atoms with E-state index < -0.39 is 28.8 Å². The van der Waals surface area contributed by atoms with E-state index >= 15 is 0 Å². The largest absolute Gasteiger partial charge is 0.465 e. The van der Waals surface area contributed by atoms with Gasteiger partial charge in [0, 0.05) is 0 Å². The van der Waals surface area contributed by atoms with Crippen molar-refractivity contribution in [2.75, 3.05) is 7.11 Å². The molecular formula is C11H8F3NO2. The third-order valence-electron chi connectivity index (χ3n) is 2.21. The van der Waals surface area contributed by atoms with Gasteiger partial charge in [0.25, 0.3) is 0 Å². The van der Waals surface area contributed by atoms with Crippen molar-refractivity contribution in [2.45, 2.75) is 13.1 Å². The second-order valence-electron chi connectivity index (χ2n) is 3.28. The van der Waals surface area contributed by atoms with E-state index in [0.717, 1.165) is 13.2 Å². The summed E-state index contributed by atoms with van der Waals surface area (Å²) in [6.45, 7) is 1.37. The maximum atomic E-state index is 12.8. The lowest BCUT2D eigenvalue weighted by Gasteiger charge is -2.14. The van der Waals surface area contributed by atoms with Gasteiger partial charge in [-0.2, -0.15) is 18.4 Å². The van der Waals surface area contributed by atoms with Crippen LogP contribution in [-0.2, 0) is 10.9 Å². The molecule has 0 saturated heterocycles. The van der Waals surface area contributed by atoms with Crippen molar-refractivity contribution in [1.29, 1.82) is 5.26 Å². The standard InChI is InChI=1S/C11H8F3NO2/c1-6-3-4-7(10(16)17-2)9(8(6)5-15)11(12,13)14/h3-4H,1-2H3. The third-order valence-corrected chi connectivity index (χ3v) is 2.21. The van der Waals surface area contributed by atoms with E-state index in [4.69, 9.17) is 5.26 Å². The van der Waals surface area contributed by atoms with Crippen LogP contribution in [0.4, 0.5) is 13.2 Å². The van der Waals surface area contributed by atoms with Crippen LogP contribution in [0.25, 0.3) is 0 Å². The monoisotopic (exact) mass is 243 g/mol. The molecule has 0 unspecified atom stereocenters. The number of halogens is 3. The highest BCUT2D eigenvalue weighted by atomic mass is 19.4. The Bertz CT molecular complexity index is 501. The second-order valence-corrected chi connectivity index (χ2v) is 3.28. The Morgan fingerprint density at radius 2 is 2.00 bits per heavy atom. The molecule has 0 radical (unpaired) electrons. The van der Waals surface area contributed by atoms with Gasteiger partial charge in [0.05, 0.1) is 23.8 Å². The molecule has 0 bridgehead atoms. The van der Waals surface area contributed by atoms with Crippen LogP contribution in [0, 0.1) is 18.3 Å². The van der Waals surface area contributed by atoms with Gasteiger partial charge in [-0.1, -0.05) is 6.07 Å². The average molecular weight is 243 g/mol. The number of nitrogens with zero attached hydrogens (tertiary/aromatic N) is 1. The lowest BCUT2D eigenvalue weighted by Crippen LogP contribution is -2.17. The van der Waals surface area contributed by atoms with Crippen LogP contribution in [0.3, 0.4) is 0 Å². The number of aryl methyl sites for hydroxylation is 1. The molecule has 6 heteroatoms. The number of alkyl halides is 3. The molecule has 0 saturated carbocycles. The van der Waals surface area contributed by atoms with E-state index in [1.807, 2.05) is 0 Å². The normalized spacial score (nSPS) is 10.8.